The molecule has 0 aliphatic carbocycles. The van der Waals surface area contributed by atoms with Crippen molar-refractivity contribution in [2.45, 2.75) is 0 Å². The van der Waals surface area contributed by atoms with Crippen LogP contribution in [0.1, 0.15) is 0 Å². The number of fused-ring (bicyclic) bond motifs is 8. The molecule has 0 N–H and O–H groups in total. The summed E-state index contributed by atoms with van der Waals surface area (Å²) in [4.78, 5) is 0. The van der Waals surface area contributed by atoms with Crippen LogP contribution in [0.3, 0.4) is 0 Å². The molecule has 0 spiro atoms. The highest BCUT2D eigenvalue weighted by atomic mass is 16.3. The number of para-hydroxylation sites is 3. The summed E-state index contributed by atoms with van der Waals surface area (Å²) in [6, 6.07) is 69.6. The number of furan rings is 1. The first-order valence-electron chi connectivity index (χ1n) is 18.1. The van der Waals surface area contributed by atoms with Crippen molar-refractivity contribution in [1.29, 1.82) is 0 Å². The van der Waals surface area contributed by atoms with Gasteiger partial charge in [-0.3, -0.25) is 4.57 Å². The summed E-state index contributed by atoms with van der Waals surface area (Å²) in [6.07, 6.45) is 0. The third-order valence-corrected chi connectivity index (χ3v) is 10.7. The molecule has 0 bridgehead atoms. The normalized spacial score (nSPS) is 11.8. The summed E-state index contributed by atoms with van der Waals surface area (Å²) in [7, 11) is 0. The van der Waals surface area contributed by atoms with Crippen molar-refractivity contribution >= 4 is 54.8 Å². The molecule has 0 saturated heterocycles. The van der Waals surface area contributed by atoms with Gasteiger partial charge in [0.25, 0.3) is 0 Å². The Kier molecular flexibility index (Phi) is 6.55. The standard InChI is InChI=1S/C50H32N2O/c1-4-13-33(14-5-1)36-25-29-45-43(31-36)44-32-37(34-15-6-2-7-16-34)26-30-46(44)51(45)39-27-23-35(24-28-39)40-20-12-21-42-48-41-19-10-11-22-47(41)53-50(48)52(49(40)42)38-17-8-3-9-18-38/h1-32H. The maximum absolute atomic E-state index is 6.60. The molecule has 0 atom stereocenters. The van der Waals surface area contributed by atoms with E-state index < -0.39 is 0 Å². The minimum absolute atomic E-state index is 0.867. The Bertz CT molecular complexity index is 3030. The van der Waals surface area contributed by atoms with Gasteiger partial charge in [0.1, 0.15) is 5.58 Å². The van der Waals surface area contributed by atoms with Gasteiger partial charge in [-0.05, 0) is 82.4 Å². The zero-order valence-electron chi connectivity index (χ0n) is 28.8. The predicted molar refractivity (Wildman–Crippen MR) is 221 cm³/mol. The van der Waals surface area contributed by atoms with E-state index in [1.54, 1.807) is 0 Å². The van der Waals surface area contributed by atoms with Crippen LogP contribution in [0.5, 0.6) is 0 Å². The lowest BCUT2D eigenvalue weighted by Crippen LogP contribution is -1.96. The van der Waals surface area contributed by atoms with Gasteiger partial charge in [-0.25, -0.2) is 0 Å². The van der Waals surface area contributed by atoms with E-state index in [1.807, 2.05) is 6.07 Å². The molecule has 3 heterocycles. The van der Waals surface area contributed by atoms with Gasteiger partial charge >= 0.3 is 0 Å². The summed E-state index contributed by atoms with van der Waals surface area (Å²) in [5.41, 5.74) is 14.7. The fourth-order valence-electron chi connectivity index (χ4n) is 8.31. The number of nitrogens with zero attached hydrogens (tertiary/aromatic N) is 2. The fourth-order valence-corrected chi connectivity index (χ4v) is 8.31. The third kappa shape index (κ3) is 4.61. The Morgan fingerprint density at radius 1 is 0.340 bits per heavy atom. The van der Waals surface area contributed by atoms with Crippen molar-refractivity contribution in [3.8, 4) is 44.8 Å². The zero-order chi connectivity index (χ0) is 34.9. The molecule has 0 radical (unpaired) electrons. The molecule has 53 heavy (non-hydrogen) atoms. The van der Waals surface area contributed by atoms with Crippen molar-refractivity contribution in [1.82, 2.24) is 9.13 Å². The molecule has 0 aliphatic rings. The van der Waals surface area contributed by atoms with Crippen LogP contribution >= 0.6 is 0 Å². The zero-order valence-corrected chi connectivity index (χ0v) is 28.8. The maximum atomic E-state index is 6.60. The lowest BCUT2D eigenvalue weighted by molar-refractivity contribution is 0.645. The Balaban J connectivity index is 1.11. The summed E-state index contributed by atoms with van der Waals surface area (Å²) in [6.45, 7) is 0. The Hall–Kier alpha value is -7.10. The second-order valence-corrected chi connectivity index (χ2v) is 13.7. The summed E-state index contributed by atoms with van der Waals surface area (Å²) in [5, 5.41) is 5.94. The summed E-state index contributed by atoms with van der Waals surface area (Å²) >= 11 is 0. The molecule has 8 aromatic carbocycles. The maximum Gasteiger partial charge on any atom is 0.213 e. The van der Waals surface area contributed by atoms with E-state index in [0.29, 0.717) is 0 Å². The minimum atomic E-state index is 0.867. The van der Waals surface area contributed by atoms with Crippen LogP contribution in [0.15, 0.2) is 199 Å². The molecule has 0 unspecified atom stereocenters. The van der Waals surface area contributed by atoms with E-state index in [-0.39, 0.29) is 0 Å². The highest BCUT2D eigenvalue weighted by molar-refractivity contribution is 6.22. The minimum Gasteiger partial charge on any atom is -0.439 e. The van der Waals surface area contributed by atoms with Crippen LogP contribution < -0.4 is 0 Å². The molecule has 3 aromatic heterocycles. The van der Waals surface area contributed by atoms with E-state index >= 15 is 0 Å². The highest BCUT2D eigenvalue weighted by Crippen LogP contribution is 2.43. The van der Waals surface area contributed by atoms with Gasteiger partial charge < -0.3 is 8.98 Å². The van der Waals surface area contributed by atoms with Crippen LogP contribution in [0.4, 0.5) is 0 Å². The summed E-state index contributed by atoms with van der Waals surface area (Å²) < 4.78 is 11.3. The number of rotatable bonds is 5. The molecule has 3 heteroatoms. The number of aromatic nitrogens is 2. The van der Waals surface area contributed by atoms with E-state index in [4.69, 9.17) is 4.42 Å². The lowest BCUT2D eigenvalue weighted by atomic mass is 10.0. The van der Waals surface area contributed by atoms with Gasteiger partial charge in [-0.1, -0.05) is 140 Å². The van der Waals surface area contributed by atoms with Crippen LogP contribution in [0.25, 0.3) is 99.5 Å². The second-order valence-electron chi connectivity index (χ2n) is 13.7. The molecule has 0 amide bonds. The monoisotopic (exact) mass is 676 g/mol. The SMILES string of the molecule is c1ccc(-c2ccc3c(c2)c2cc(-c4ccccc4)ccc2n3-c2ccc(-c3cccc4c5c6ccccc6oc5n(-c5ccccc5)c34)cc2)cc1. The number of hydrogen-bond donors (Lipinski definition) is 0. The van der Waals surface area contributed by atoms with Gasteiger partial charge in [0.05, 0.1) is 21.9 Å². The quantitative estimate of drug-likeness (QED) is 0.178. The molecule has 11 rings (SSSR count). The van der Waals surface area contributed by atoms with Crippen molar-refractivity contribution in [3.63, 3.8) is 0 Å². The number of hydrogen-bond acceptors (Lipinski definition) is 1. The molecule has 0 saturated carbocycles. The molecular formula is C50H32N2O. The molecular weight excluding hydrogens is 645 g/mol. The van der Waals surface area contributed by atoms with E-state index in [9.17, 15) is 0 Å². The first kappa shape index (κ1) is 29.6. The van der Waals surface area contributed by atoms with Gasteiger partial charge in [0.15, 0.2) is 0 Å². The van der Waals surface area contributed by atoms with E-state index in [1.165, 1.54) is 49.4 Å². The average Bonchev–Trinajstić information content (AvgIpc) is 3.88. The van der Waals surface area contributed by atoms with E-state index in [0.717, 1.165) is 50.1 Å². The van der Waals surface area contributed by atoms with Crippen molar-refractivity contribution in [2.75, 3.05) is 0 Å². The third-order valence-electron chi connectivity index (χ3n) is 10.7. The van der Waals surface area contributed by atoms with Crippen LogP contribution in [-0.4, -0.2) is 9.13 Å². The second kappa shape index (κ2) is 11.7. The fraction of sp³-hybridized carbons (Fsp3) is 0. The van der Waals surface area contributed by atoms with Gasteiger partial charge in [0.2, 0.25) is 5.71 Å². The van der Waals surface area contributed by atoms with Crippen molar-refractivity contribution in [3.05, 3.63) is 194 Å². The van der Waals surface area contributed by atoms with E-state index in [2.05, 4.69) is 197 Å². The van der Waals surface area contributed by atoms with Gasteiger partial charge in [0, 0.05) is 38.5 Å². The van der Waals surface area contributed by atoms with Gasteiger partial charge in [-0.2, -0.15) is 0 Å². The molecule has 248 valence electrons. The largest absolute Gasteiger partial charge is 0.439 e. The van der Waals surface area contributed by atoms with Crippen LogP contribution in [-0.2, 0) is 0 Å². The van der Waals surface area contributed by atoms with Crippen LogP contribution in [0, 0.1) is 0 Å². The van der Waals surface area contributed by atoms with Gasteiger partial charge in [-0.15, -0.1) is 0 Å². The molecule has 11 aromatic rings. The average molecular weight is 677 g/mol. The number of benzene rings is 8. The smallest absolute Gasteiger partial charge is 0.213 e. The van der Waals surface area contributed by atoms with Crippen molar-refractivity contribution < 1.29 is 4.42 Å². The van der Waals surface area contributed by atoms with Crippen molar-refractivity contribution in [2.24, 2.45) is 0 Å². The Labute approximate surface area is 306 Å². The molecule has 3 nitrogen and oxygen atoms in total. The first-order valence-corrected chi connectivity index (χ1v) is 18.1. The van der Waals surface area contributed by atoms with Crippen LogP contribution in [0.2, 0.25) is 0 Å². The Morgan fingerprint density at radius 2 is 0.868 bits per heavy atom. The first-order chi connectivity index (χ1) is 26.3. The molecule has 0 aliphatic heterocycles. The Morgan fingerprint density at radius 3 is 1.51 bits per heavy atom. The molecule has 0 fully saturated rings. The predicted octanol–water partition coefficient (Wildman–Crippen LogP) is 13.6. The highest BCUT2D eigenvalue weighted by Gasteiger charge is 2.22. The lowest BCUT2D eigenvalue weighted by Gasteiger charge is -2.13. The summed E-state index contributed by atoms with van der Waals surface area (Å²) in [5.74, 6) is 0. The topological polar surface area (TPSA) is 23.0 Å².